The van der Waals surface area contributed by atoms with E-state index in [4.69, 9.17) is 5.73 Å². The van der Waals surface area contributed by atoms with Crippen LogP contribution in [0.1, 0.15) is 11.6 Å². The number of halogens is 5. The van der Waals surface area contributed by atoms with Crippen LogP contribution in [0.2, 0.25) is 0 Å². The highest BCUT2D eigenvalue weighted by atomic mass is 32.2. The lowest BCUT2D eigenvalue weighted by atomic mass is 10.0. The standard InChI is InChI=1S/C10H10F5NO2S/c1-19(17,18)7-4-2-6(3-5-7)8(16)9(11,12)10(13,14)15/h2-5,8H,16H2,1H3/t8-/m0/s1. The van der Waals surface area contributed by atoms with E-state index < -0.39 is 33.5 Å². The van der Waals surface area contributed by atoms with E-state index in [1.165, 1.54) is 0 Å². The zero-order chi connectivity index (χ0) is 15.1. The van der Waals surface area contributed by atoms with Gasteiger partial charge < -0.3 is 5.73 Å². The molecule has 0 fully saturated rings. The summed E-state index contributed by atoms with van der Waals surface area (Å²) in [5.74, 6) is -5.10. The van der Waals surface area contributed by atoms with Crippen molar-refractivity contribution in [2.45, 2.75) is 23.0 Å². The Bertz CT molecular complexity index is 550. The molecule has 1 aromatic carbocycles. The zero-order valence-electron chi connectivity index (χ0n) is 9.58. The monoisotopic (exact) mass is 303 g/mol. The molecule has 0 spiro atoms. The molecule has 0 bridgehead atoms. The van der Waals surface area contributed by atoms with Crippen molar-refractivity contribution in [3.8, 4) is 0 Å². The minimum atomic E-state index is -5.78. The molecule has 1 atom stereocenters. The Morgan fingerprint density at radius 1 is 1.05 bits per heavy atom. The van der Waals surface area contributed by atoms with Crippen molar-refractivity contribution < 1.29 is 30.4 Å². The highest BCUT2D eigenvalue weighted by molar-refractivity contribution is 7.90. The van der Waals surface area contributed by atoms with Gasteiger partial charge in [-0.15, -0.1) is 0 Å². The number of sulfone groups is 1. The van der Waals surface area contributed by atoms with E-state index in [0.717, 1.165) is 30.5 Å². The molecule has 108 valence electrons. The maximum Gasteiger partial charge on any atom is 0.455 e. The molecule has 0 saturated heterocycles. The third-order valence-corrected chi connectivity index (χ3v) is 3.56. The lowest BCUT2D eigenvalue weighted by Gasteiger charge is -2.25. The fourth-order valence-electron chi connectivity index (χ4n) is 1.31. The molecule has 0 aliphatic rings. The Balaban J connectivity index is 3.12. The lowest BCUT2D eigenvalue weighted by Crippen LogP contribution is -2.45. The normalized spacial score (nSPS) is 15.3. The fourth-order valence-corrected chi connectivity index (χ4v) is 1.94. The van der Waals surface area contributed by atoms with Gasteiger partial charge >= 0.3 is 12.1 Å². The molecule has 0 radical (unpaired) electrons. The van der Waals surface area contributed by atoms with Crippen molar-refractivity contribution in [2.24, 2.45) is 5.73 Å². The van der Waals surface area contributed by atoms with Crippen LogP contribution in [0.15, 0.2) is 29.2 Å². The van der Waals surface area contributed by atoms with Crippen LogP contribution >= 0.6 is 0 Å². The van der Waals surface area contributed by atoms with E-state index in [2.05, 4.69) is 0 Å². The molecule has 0 heterocycles. The summed E-state index contributed by atoms with van der Waals surface area (Å²) < 4.78 is 84.5. The number of hydrogen-bond acceptors (Lipinski definition) is 3. The Kier molecular flexibility index (Phi) is 3.93. The first kappa shape index (κ1) is 15.8. The third-order valence-electron chi connectivity index (χ3n) is 2.44. The van der Waals surface area contributed by atoms with Gasteiger partial charge in [0.2, 0.25) is 0 Å². The summed E-state index contributed by atoms with van der Waals surface area (Å²) in [6, 6.07) is 0.927. The minimum Gasteiger partial charge on any atom is -0.319 e. The number of nitrogens with two attached hydrogens (primary N) is 1. The van der Waals surface area contributed by atoms with Gasteiger partial charge in [0.05, 0.1) is 4.90 Å². The number of benzene rings is 1. The van der Waals surface area contributed by atoms with Crippen LogP contribution in [-0.2, 0) is 9.84 Å². The highest BCUT2D eigenvalue weighted by Gasteiger charge is 2.61. The van der Waals surface area contributed by atoms with E-state index in [0.29, 0.717) is 0 Å². The molecule has 1 aromatic rings. The molecular weight excluding hydrogens is 293 g/mol. The molecule has 19 heavy (non-hydrogen) atoms. The van der Waals surface area contributed by atoms with Crippen LogP contribution in [-0.4, -0.2) is 26.8 Å². The van der Waals surface area contributed by atoms with Gasteiger partial charge in [-0.25, -0.2) is 8.42 Å². The second-order valence-electron chi connectivity index (χ2n) is 3.94. The van der Waals surface area contributed by atoms with E-state index in [1.807, 2.05) is 0 Å². The average molecular weight is 303 g/mol. The van der Waals surface area contributed by atoms with E-state index >= 15 is 0 Å². The van der Waals surface area contributed by atoms with Crippen molar-refractivity contribution in [3.05, 3.63) is 29.8 Å². The number of hydrogen-bond donors (Lipinski definition) is 1. The third kappa shape index (κ3) is 3.21. The zero-order valence-corrected chi connectivity index (χ0v) is 10.4. The molecule has 0 saturated carbocycles. The van der Waals surface area contributed by atoms with Crippen molar-refractivity contribution in [1.82, 2.24) is 0 Å². The SMILES string of the molecule is CS(=O)(=O)c1ccc([C@H](N)C(F)(F)C(F)(F)F)cc1. The van der Waals surface area contributed by atoms with E-state index in [-0.39, 0.29) is 4.90 Å². The predicted molar refractivity (Wildman–Crippen MR) is 57.5 cm³/mol. The summed E-state index contributed by atoms with van der Waals surface area (Å²) in [4.78, 5) is -0.196. The Labute approximate surface area is 106 Å². The molecule has 1 rings (SSSR count). The minimum absolute atomic E-state index is 0.196. The maximum atomic E-state index is 13.0. The molecule has 0 amide bonds. The Hall–Kier alpha value is -1.22. The molecule has 9 heteroatoms. The van der Waals surface area contributed by atoms with Gasteiger partial charge in [0.15, 0.2) is 9.84 Å². The maximum absolute atomic E-state index is 13.0. The van der Waals surface area contributed by atoms with Crippen molar-refractivity contribution >= 4 is 9.84 Å². The van der Waals surface area contributed by atoms with E-state index in [9.17, 15) is 30.4 Å². The number of alkyl halides is 5. The van der Waals surface area contributed by atoms with E-state index in [1.54, 1.807) is 0 Å². The van der Waals surface area contributed by atoms with Gasteiger partial charge in [-0.3, -0.25) is 0 Å². The molecule has 0 aliphatic heterocycles. The second-order valence-corrected chi connectivity index (χ2v) is 5.96. The van der Waals surface area contributed by atoms with Crippen LogP contribution in [0, 0.1) is 0 Å². The van der Waals surface area contributed by atoms with Crippen LogP contribution in [0.5, 0.6) is 0 Å². The lowest BCUT2D eigenvalue weighted by molar-refractivity contribution is -0.291. The Morgan fingerprint density at radius 3 is 1.79 bits per heavy atom. The summed E-state index contributed by atoms with van der Waals surface area (Å²) >= 11 is 0. The van der Waals surface area contributed by atoms with Gasteiger partial charge in [0.25, 0.3) is 0 Å². The van der Waals surface area contributed by atoms with Crippen LogP contribution < -0.4 is 5.73 Å². The summed E-state index contributed by atoms with van der Waals surface area (Å²) in [7, 11) is -3.56. The largest absolute Gasteiger partial charge is 0.455 e. The van der Waals surface area contributed by atoms with Crippen molar-refractivity contribution in [1.29, 1.82) is 0 Å². The Morgan fingerprint density at radius 2 is 1.47 bits per heavy atom. The van der Waals surface area contributed by atoms with Gasteiger partial charge in [0.1, 0.15) is 6.04 Å². The fraction of sp³-hybridized carbons (Fsp3) is 0.400. The highest BCUT2D eigenvalue weighted by Crippen LogP contribution is 2.43. The summed E-state index contributed by atoms with van der Waals surface area (Å²) in [6.45, 7) is 0. The first-order valence-corrected chi connectivity index (χ1v) is 6.76. The van der Waals surface area contributed by atoms with Gasteiger partial charge in [-0.1, -0.05) is 12.1 Å². The first-order chi connectivity index (χ1) is 8.37. The number of rotatable bonds is 3. The summed E-state index contributed by atoms with van der Waals surface area (Å²) in [6.07, 6.45) is -4.89. The van der Waals surface area contributed by atoms with Gasteiger partial charge in [0, 0.05) is 6.26 Å². The van der Waals surface area contributed by atoms with Crippen LogP contribution in [0.3, 0.4) is 0 Å². The van der Waals surface area contributed by atoms with Crippen molar-refractivity contribution in [3.63, 3.8) is 0 Å². The van der Waals surface area contributed by atoms with Gasteiger partial charge in [-0.2, -0.15) is 22.0 Å². The summed E-state index contributed by atoms with van der Waals surface area (Å²) in [5, 5.41) is 0. The quantitative estimate of drug-likeness (QED) is 0.872. The topological polar surface area (TPSA) is 60.2 Å². The smallest absolute Gasteiger partial charge is 0.319 e. The average Bonchev–Trinajstić information content (AvgIpc) is 2.25. The first-order valence-electron chi connectivity index (χ1n) is 4.87. The van der Waals surface area contributed by atoms with Crippen LogP contribution in [0.4, 0.5) is 22.0 Å². The molecule has 3 nitrogen and oxygen atoms in total. The predicted octanol–water partition coefficient (Wildman–Crippen LogP) is 2.29. The second kappa shape index (κ2) is 4.71. The van der Waals surface area contributed by atoms with Gasteiger partial charge in [-0.05, 0) is 17.7 Å². The molecule has 0 aliphatic carbocycles. The molecule has 0 unspecified atom stereocenters. The molecule has 0 aromatic heterocycles. The molecule has 2 N–H and O–H groups in total. The van der Waals surface area contributed by atoms with Crippen LogP contribution in [0.25, 0.3) is 0 Å². The van der Waals surface area contributed by atoms with Crippen molar-refractivity contribution in [2.75, 3.05) is 6.26 Å². The summed E-state index contributed by atoms with van der Waals surface area (Å²) in [5.41, 5.74) is 4.39. The molecular formula is C10H10F5NO2S.